The van der Waals surface area contributed by atoms with Crippen molar-refractivity contribution in [3.8, 4) is 0 Å². The van der Waals surface area contributed by atoms with E-state index in [-0.39, 0.29) is 18.5 Å². The van der Waals surface area contributed by atoms with Gasteiger partial charge in [-0.25, -0.2) is 0 Å². The first-order chi connectivity index (χ1) is 31.5. The van der Waals surface area contributed by atoms with Crippen molar-refractivity contribution in [3.05, 3.63) is 36.5 Å². The number of rotatable bonds is 52. The van der Waals surface area contributed by atoms with Crippen LogP contribution in [0.15, 0.2) is 36.5 Å². The van der Waals surface area contributed by atoms with Crippen LogP contribution in [0, 0.1) is 0 Å². The molecule has 2 unspecified atom stereocenters. The van der Waals surface area contributed by atoms with Gasteiger partial charge in [-0.3, -0.25) is 9.59 Å². The van der Waals surface area contributed by atoms with Gasteiger partial charge in [-0.2, -0.15) is 0 Å². The fraction of sp³-hybridized carbons (Fsp3) is 0.862. The number of unbranched alkanes of at least 4 members (excludes halogenated alkanes) is 35. The summed E-state index contributed by atoms with van der Waals surface area (Å²) in [5.74, 6) is -0.139. The largest absolute Gasteiger partial charge is 0.466 e. The molecule has 0 aromatic heterocycles. The van der Waals surface area contributed by atoms with Crippen LogP contribution in [0.3, 0.4) is 0 Å². The summed E-state index contributed by atoms with van der Waals surface area (Å²) in [6, 6.07) is -0.586. The molecule has 0 aromatic carbocycles. The molecule has 2 atom stereocenters. The first kappa shape index (κ1) is 62.1. The summed E-state index contributed by atoms with van der Waals surface area (Å²) in [7, 11) is 0. The van der Waals surface area contributed by atoms with E-state index >= 15 is 0 Å². The Hall–Kier alpha value is -1.92. The first-order valence-electron chi connectivity index (χ1n) is 28.2. The number of carbonyl (C=O) groups excluding carboxylic acids is 2. The number of ether oxygens (including phenoxy) is 1. The monoisotopic (exact) mass is 900 g/mol. The van der Waals surface area contributed by atoms with Gasteiger partial charge in [-0.1, -0.05) is 249 Å². The second-order valence-electron chi connectivity index (χ2n) is 19.3. The lowest BCUT2D eigenvalue weighted by atomic mass is 10.0. The predicted octanol–water partition coefficient (Wildman–Crippen LogP) is 17.2. The maximum atomic E-state index is 12.4. The van der Waals surface area contributed by atoms with E-state index in [4.69, 9.17) is 4.74 Å². The van der Waals surface area contributed by atoms with Crippen LogP contribution in [-0.2, 0) is 14.3 Å². The molecule has 0 radical (unpaired) electrons. The van der Waals surface area contributed by atoms with Crippen LogP contribution in [0.4, 0.5) is 0 Å². The molecule has 0 rings (SSSR count). The van der Waals surface area contributed by atoms with Crippen molar-refractivity contribution in [3.63, 3.8) is 0 Å². The van der Waals surface area contributed by atoms with Crippen molar-refractivity contribution >= 4 is 11.9 Å². The lowest BCUT2D eigenvalue weighted by Gasteiger charge is -2.22. The molecule has 64 heavy (non-hydrogen) atoms. The molecule has 0 bridgehead atoms. The van der Waals surface area contributed by atoms with Crippen LogP contribution in [0.2, 0.25) is 0 Å². The van der Waals surface area contributed by atoms with Gasteiger partial charge in [-0.05, 0) is 70.6 Å². The Kier molecular flexibility index (Phi) is 52.1. The van der Waals surface area contributed by atoms with E-state index < -0.39 is 12.1 Å². The van der Waals surface area contributed by atoms with Crippen LogP contribution in [0.5, 0.6) is 0 Å². The molecule has 0 heterocycles. The third kappa shape index (κ3) is 49.5. The van der Waals surface area contributed by atoms with E-state index in [2.05, 4.69) is 49.5 Å². The molecule has 0 aliphatic rings. The molecule has 0 saturated heterocycles. The van der Waals surface area contributed by atoms with Crippen LogP contribution in [-0.4, -0.2) is 47.4 Å². The molecule has 376 valence electrons. The minimum atomic E-state index is -0.700. The van der Waals surface area contributed by atoms with E-state index in [9.17, 15) is 19.8 Å². The Balaban J connectivity index is 3.54. The van der Waals surface area contributed by atoms with E-state index in [0.29, 0.717) is 32.3 Å². The molecule has 0 aliphatic carbocycles. The lowest BCUT2D eigenvalue weighted by molar-refractivity contribution is -0.143. The fourth-order valence-electron chi connectivity index (χ4n) is 8.57. The van der Waals surface area contributed by atoms with E-state index in [1.165, 1.54) is 205 Å². The van der Waals surface area contributed by atoms with Crippen LogP contribution in [0.25, 0.3) is 0 Å². The van der Waals surface area contributed by atoms with Crippen molar-refractivity contribution in [1.82, 2.24) is 5.32 Å². The van der Waals surface area contributed by atoms with Crippen molar-refractivity contribution in [2.24, 2.45) is 0 Å². The molecule has 0 saturated carbocycles. The van der Waals surface area contributed by atoms with Crippen molar-refractivity contribution in [1.29, 1.82) is 0 Å². The minimum Gasteiger partial charge on any atom is -0.466 e. The SMILES string of the molecule is CCCCCCCCC/C=C\CCCCCCCC(=O)OCCCCCCCC/C=C\C/C=C\CCC(=O)NC(CO)C(O)CCCCCCCCCCCCCCCCCCCC. The van der Waals surface area contributed by atoms with Gasteiger partial charge in [0.05, 0.1) is 25.4 Å². The fourth-order valence-corrected chi connectivity index (χ4v) is 8.57. The number of aliphatic hydroxyl groups is 2. The topological polar surface area (TPSA) is 95.9 Å². The summed E-state index contributed by atoms with van der Waals surface area (Å²) in [6.07, 6.45) is 65.7. The molecule has 6 heteroatoms. The summed E-state index contributed by atoms with van der Waals surface area (Å²) in [5, 5.41) is 23.2. The minimum absolute atomic E-state index is 0.0243. The third-order valence-electron chi connectivity index (χ3n) is 12.9. The number of nitrogens with one attached hydrogen (secondary N) is 1. The molecule has 0 spiro atoms. The van der Waals surface area contributed by atoms with Crippen LogP contribution < -0.4 is 5.32 Å². The van der Waals surface area contributed by atoms with Gasteiger partial charge in [0.15, 0.2) is 0 Å². The van der Waals surface area contributed by atoms with Crippen molar-refractivity contribution in [2.45, 2.75) is 309 Å². The summed E-state index contributed by atoms with van der Waals surface area (Å²) >= 11 is 0. The van der Waals surface area contributed by atoms with E-state index in [1.807, 2.05) is 6.08 Å². The van der Waals surface area contributed by atoms with E-state index in [1.54, 1.807) is 0 Å². The molecule has 6 nitrogen and oxygen atoms in total. The summed E-state index contributed by atoms with van der Waals surface area (Å²) in [6.45, 7) is 4.89. The lowest BCUT2D eigenvalue weighted by Crippen LogP contribution is -2.45. The van der Waals surface area contributed by atoms with Gasteiger partial charge in [0.25, 0.3) is 0 Å². The van der Waals surface area contributed by atoms with Gasteiger partial charge >= 0.3 is 5.97 Å². The molecular formula is C58H109NO5. The second kappa shape index (κ2) is 53.7. The average molecular weight is 901 g/mol. The van der Waals surface area contributed by atoms with Crippen LogP contribution >= 0.6 is 0 Å². The Morgan fingerprint density at radius 3 is 1.23 bits per heavy atom. The first-order valence-corrected chi connectivity index (χ1v) is 28.2. The number of amides is 1. The third-order valence-corrected chi connectivity index (χ3v) is 12.9. The van der Waals surface area contributed by atoms with Gasteiger partial charge in [0.2, 0.25) is 5.91 Å². The zero-order chi connectivity index (χ0) is 46.5. The van der Waals surface area contributed by atoms with Gasteiger partial charge < -0.3 is 20.3 Å². The Bertz CT molecular complexity index is 1040. The Labute approximate surface area is 398 Å². The molecule has 3 N–H and O–H groups in total. The van der Waals surface area contributed by atoms with Gasteiger partial charge in [0, 0.05) is 12.8 Å². The summed E-state index contributed by atoms with van der Waals surface area (Å²) in [5.41, 5.74) is 0. The highest BCUT2D eigenvalue weighted by molar-refractivity contribution is 5.76. The highest BCUT2D eigenvalue weighted by Crippen LogP contribution is 2.16. The van der Waals surface area contributed by atoms with Gasteiger partial charge in [-0.15, -0.1) is 0 Å². The van der Waals surface area contributed by atoms with Crippen LogP contribution in [0.1, 0.15) is 296 Å². The molecule has 1 amide bonds. The smallest absolute Gasteiger partial charge is 0.305 e. The quantitative estimate of drug-likeness (QED) is 0.0321. The highest BCUT2D eigenvalue weighted by Gasteiger charge is 2.19. The second-order valence-corrected chi connectivity index (χ2v) is 19.3. The molecular weight excluding hydrogens is 791 g/mol. The standard InChI is InChI=1S/C58H109NO5/c1-3-5-7-9-11-13-15-17-19-21-22-23-26-30-34-38-42-46-50-56(61)55(54-60)59-57(62)51-47-43-39-35-31-27-25-29-33-37-41-45-49-53-64-58(63)52-48-44-40-36-32-28-24-20-18-16-14-12-10-8-6-4-2/h20,24,27,31,39,43,55-56,60-61H,3-19,21-23,25-26,28-30,32-38,40-42,44-54H2,1-2H3,(H,59,62)/b24-20-,31-27-,43-39-. The zero-order valence-electron chi connectivity index (χ0n) is 42.8. The summed E-state index contributed by atoms with van der Waals surface area (Å²) in [4.78, 5) is 24.5. The maximum absolute atomic E-state index is 12.4. The normalized spacial score (nSPS) is 12.9. The molecule has 0 fully saturated rings. The number of carbonyl (C=O) groups is 2. The molecule has 0 aliphatic heterocycles. The summed E-state index contributed by atoms with van der Waals surface area (Å²) < 4.78 is 5.46. The number of hydrogen-bond acceptors (Lipinski definition) is 5. The highest BCUT2D eigenvalue weighted by atomic mass is 16.5. The number of hydrogen-bond donors (Lipinski definition) is 3. The van der Waals surface area contributed by atoms with Crippen molar-refractivity contribution in [2.75, 3.05) is 13.2 Å². The number of allylic oxidation sites excluding steroid dienone is 6. The van der Waals surface area contributed by atoms with Crippen molar-refractivity contribution < 1.29 is 24.5 Å². The maximum Gasteiger partial charge on any atom is 0.305 e. The average Bonchev–Trinajstić information content (AvgIpc) is 3.29. The Morgan fingerprint density at radius 2 is 0.797 bits per heavy atom. The van der Waals surface area contributed by atoms with Gasteiger partial charge in [0.1, 0.15) is 0 Å². The Morgan fingerprint density at radius 1 is 0.438 bits per heavy atom. The predicted molar refractivity (Wildman–Crippen MR) is 278 cm³/mol. The number of esters is 1. The zero-order valence-corrected chi connectivity index (χ0v) is 42.8. The van der Waals surface area contributed by atoms with E-state index in [0.717, 1.165) is 51.4 Å². The molecule has 0 aromatic rings. The number of aliphatic hydroxyl groups excluding tert-OH is 2.